The Hall–Kier alpha value is -1.49. The predicted molar refractivity (Wildman–Crippen MR) is 89.2 cm³/mol. The van der Waals surface area contributed by atoms with E-state index in [4.69, 9.17) is 4.74 Å². The molecule has 1 aliphatic heterocycles. The molecule has 21 heavy (non-hydrogen) atoms. The maximum atomic E-state index is 11.5. The molecule has 0 radical (unpaired) electrons. The molecule has 0 aliphatic carbocycles. The van der Waals surface area contributed by atoms with E-state index in [0.717, 1.165) is 16.6 Å². The van der Waals surface area contributed by atoms with Gasteiger partial charge in [-0.25, -0.2) is 0 Å². The summed E-state index contributed by atoms with van der Waals surface area (Å²) in [6.45, 7) is 8.54. The normalized spacial score (nSPS) is 17.5. The van der Waals surface area contributed by atoms with Gasteiger partial charge in [0.25, 0.3) is 0 Å². The lowest BCUT2D eigenvalue weighted by molar-refractivity contribution is -0.143. The van der Waals surface area contributed by atoms with Crippen LogP contribution in [0.5, 0.6) is 0 Å². The number of hydrogen-bond acceptors (Lipinski definition) is 5. The predicted octanol–water partition coefficient (Wildman–Crippen LogP) is 3.45. The molecule has 1 heterocycles. The van der Waals surface area contributed by atoms with Gasteiger partial charge in [0.15, 0.2) is 5.17 Å². The molecule has 0 fully saturated rings. The van der Waals surface area contributed by atoms with Gasteiger partial charge < -0.3 is 10.1 Å². The zero-order valence-corrected chi connectivity index (χ0v) is 13.8. The van der Waals surface area contributed by atoms with Gasteiger partial charge in [-0.15, -0.1) is 0 Å². The van der Waals surface area contributed by atoms with E-state index < -0.39 is 0 Å². The van der Waals surface area contributed by atoms with Crippen LogP contribution in [0, 0.1) is 20.8 Å². The van der Waals surface area contributed by atoms with Gasteiger partial charge in [0.05, 0.1) is 19.1 Å². The molecule has 114 valence electrons. The van der Waals surface area contributed by atoms with Crippen molar-refractivity contribution in [2.75, 3.05) is 17.7 Å². The molecule has 4 nitrogen and oxygen atoms in total. The molecular formula is C16H22N2O2S. The quantitative estimate of drug-likeness (QED) is 0.866. The van der Waals surface area contributed by atoms with Crippen LogP contribution in [0.2, 0.25) is 0 Å². The molecule has 5 heteroatoms. The number of nitrogens with one attached hydrogen (secondary N) is 1. The Bertz CT molecular complexity index is 546. The van der Waals surface area contributed by atoms with Crippen LogP contribution in [0.3, 0.4) is 0 Å². The van der Waals surface area contributed by atoms with Crippen LogP contribution in [-0.4, -0.2) is 29.5 Å². The second-order valence-corrected chi connectivity index (χ2v) is 6.32. The number of thioether (sulfide) groups is 1. The first-order chi connectivity index (χ1) is 9.99. The SMILES string of the molecule is CCOC(=O)CC1CSC(Nc2c(C)cc(C)cc2C)=N1. The second kappa shape index (κ2) is 6.98. The first-order valence-corrected chi connectivity index (χ1v) is 8.19. The third-order valence-electron chi connectivity index (χ3n) is 3.33. The van der Waals surface area contributed by atoms with Crippen LogP contribution in [0.4, 0.5) is 5.69 Å². The van der Waals surface area contributed by atoms with E-state index in [1.54, 1.807) is 11.8 Å². The highest BCUT2D eigenvalue weighted by Gasteiger charge is 2.22. The van der Waals surface area contributed by atoms with Crippen LogP contribution in [0.1, 0.15) is 30.0 Å². The summed E-state index contributed by atoms with van der Waals surface area (Å²) < 4.78 is 4.97. The lowest BCUT2D eigenvalue weighted by Crippen LogP contribution is -2.14. The molecule has 0 bridgehead atoms. The number of rotatable bonds is 4. The molecule has 0 saturated carbocycles. The fourth-order valence-electron chi connectivity index (χ4n) is 2.48. The molecule has 1 aliphatic rings. The minimum atomic E-state index is -0.171. The number of hydrogen-bond donors (Lipinski definition) is 1. The van der Waals surface area contributed by atoms with Crippen molar-refractivity contribution < 1.29 is 9.53 Å². The molecule has 1 aromatic carbocycles. The molecule has 0 amide bonds. The van der Waals surface area contributed by atoms with Crippen LogP contribution in [0.25, 0.3) is 0 Å². The number of amidine groups is 1. The van der Waals surface area contributed by atoms with Gasteiger partial charge in [0, 0.05) is 11.4 Å². The Labute approximate surface area is 130 Å². The summed E-state index contributed by atoms with van der Waals surface area (Å²) in [5, 5.41) is 4.29. The van der Waals surface area contributed by atoms with Gasteiger partial charge in [-0.05, 0) is 38.8 Å². The largest absolute Gasteiger partial charge is 0.466 e. The zero-order chi connectivity index (χ0) is 15.4. The average molecular weight is 306 g/mol. The number of aryl methyl sites for hydroxylation is 3. The molecule has 0 aromatic heterocycles. The number of benzene rings is 1. The number of nitrogens with zero attached hydrogens (tertiary/aromatic N) is 1. The highest BCUT2D eigenvalue weighted by molar-refractivity contribution is 8.14. The molecule has 2 rings (SSSR count). The van der Waals surface area contributed by atoms with Gasteiger partial charge in [-0.2, -0.15) is 0 Å². The molecule has 0 saturated heterocycles. The van der Waals surface area contributed by atoms with Crippen molar-refractivity contribution in [2.24, 2.45) is 4.99 Å². The van der Waals surface area contributed by atoms with Crippen molar-refractivity contribution in [3.05, 3.63) is 28.8 Å². The smallest absolute Gasteiger partial charge is 0.307 e. The monoisotopic (exact) mass is 306 g/mol. The fourth-order valence-corrected chi connectivity index (χ4v) is 3.43. The Morgan fingerprint density at radius 3 is 2.67 bits per heavy atom. The van der Waals surface area contributed by atoms with Crippen LogP contribution >= 0.6 is 11.8 Å². The van der Waals surface area contributed by atoms with Gasteiger partial charge >= 0.3 is 5.97 Å². The number of carbonyl (C=O) groups is 1. The van der Waals surface area contributed by atoms with E-state index in [1.165, 1.54) is 16.7 Å². The summed E-state index contributed by atoms with van der Waals surface area (Å²) in [5.74, 6) is 0.654. The van der Waals surface area contributed by atoms with E-state index in [2.05, 4.69) is 43.2 Å². The van der Waals surface area contributed by atoms with Gasteiger partial charge in [-0.3, -0.25) is 9.79 Å². The lowest BCUT2D eigenvalue weighted by Gasteiger charge is -2.13. The summed E-state index contributed by atoms with van der Waals surface area (Å²) in [4.78, 5) is 16.1. The standard InChI is InChI=1S/C16H22N2O2S/c1-5-20-14(19)8-13-9-21-16(17-13)18-15-11(3)6-10(2)7-12(15)4/h6-7,13H,5,8-9H2,1-4H3,(H,17,18). The van der Waals surface area contributed by atoms with Crippen molar-refractivity contribution in [2.45, 2.75) is 40.2 Å². The summed E-state index contributed by atoms with van der Waals surface area (Å²) in [5.41, 5.74) is 4.80. The number of anilines is 1. The maximum absolute atomic E-state index is 11.5. The van der Waals surface area contributed by atoms with Crippen molar-refractivity contribution in [1.82, 2.24) is 0 Å². The highest BCUT2D eigenvalue weighted by Crippen LogP contribution is 2.27. The summed E-state index contributed by atoms with van der Waals surface area (Å²) in [7, 11) is 0. The fraction of sp³-hybridized carbons (Fsp3) is 0.500. The summed E-state index contributed by atoms with van der Waals surface area (Å²) >= 11 is 1.66. The minimum absolute atomic E-state index is 0.0163. The summed E-state index contributed by atoms with van der Waals surface area (Å²) in [6, 6.07) is 4.33. The lowest BCUT2D eigenvalue weighted by atomic mass is 10.1. The first kappa shape index (κ1) is 15.9. The van der Waals surface area contributed by atoms with Crippen LogP contribution in [0.15, 0.2) is 17.1 Å². The van der Waals surface area contributed by atoms with Crippen LogP contribution < -0.4 is 5.32 Å². The molecule has 1 aromatic rings. The van der Waals surface area contributed by atoms with Crippen molar-refractivity contribution in [3.63, 3.8) is 0 Å². The van der Waals surface area contributed by atoms with E-state index >= 15 is 0 Å². The summed E-state index contributed by atoms with van der Waals surface area (Å²) in [6.07, 6.45) is 0.359. The Morgan fingerprint density at radius 1 is 1.38 bits per heavy atom. The van der Waals surface area contributed by atoms with E-state index in [-0.39, 0.29) is 12.0 Å². The molecule has 1 unspecified atom stereocenters. The van der Waals surface area contributed by atoms with Crippen LogP contribution in [-0.2, 0) is 9.53 Å². The molecule has 0 spiro atoms. The third kappa shape index (κ3) is 4.24. The van der Waals surface area contributed by atoms with Crippen molar-refractivity contribution in [1.29, 1.82) is 0 Å². The zero-order valence-electron chi connectivity index (χ0n) is 13.0. The second-order valence-electron chi connectivity index (χ2n) is 5.31. The van der Waals surface area contributed by atoms with Gasteiger partial charge in [0.2, 0.25) is 0 Å². The molecule has 1 atom stereocenters. The first-order valence-electron chi connectivity index (χ1n) is 7.20. The maximum Gasteiger partial charge on any atom is 0.307 e. The van der Waals surface area contributed by atoms with Crippen molar-refractivity contribution in [3.8, 4) is 0 Å². The number of aliphatic imine (C=N–C) groups is 1. The topological polar surface area (TPSA) is 50.7 Å². The Morgan fingerprint density at radius 2 is 2.05 bits per heavy atom. The van der Waals surface area contributed by atoms with E-state index in [9.17, 15) is 4.79 Å². The number of esters is 1. The van der Waals surface area contributed by atoms with Gasteiger partial charge in [-0.1, -0.05) is 29.5 Å². The van der Waals surface area contributed by atoms with E-state index in [1.807, 2.05) is 6.92 Å². The highest BCUT2D eigenvalue weighted by atomic mass is 32.2. The number of ether oxygens (including phenoxy) is 1. The van der Waals surface area contributed by atoms with E-state index in [0.29, 0.717) is 13.0 Å². The third-order valence-corrected chi connectivity index (χ3v) is 4.36. The Balaban J connectivity index is 2.03. The van der Waals surface area contributed by atoms with Gasteiger partial charge in [0.1, 0.15) is 0 Å². The molecule has 1 N–H and O–H groups in total. The Kier molecular flexibility index (Phi) is 5.28. The number of carbonyl (C=O) groups excluding carboxylic acids is 1. The molecular weight excluding hydrogens is 284 g/mol. The minimum Gasteiger partial charge on any atom is -0.466 e. The average Bonchev–Trinajstić information content (AvgIpc) is 2.81. The van der Waals surface area contributed by atoms with Crippen molar-refractivity contribution >= 4 is 28.6 Å².